The molecule has 1 aromatic carbocycles. The molecule has 0 amide bonds. The molecule has 1 aliphatic carbocycles. The zero-order chi connectivity index (χ0) is 13.7. The van der Waals surface area contributed by atoms with E-state index in [0.29, 0.717) is 5.92 Å². The zero-order valence-electron chi connectivity index (χ0n) is 11.2. The van der Waals surface area contributed by atoms with E-state index in [1.807, 2.05) is 19.2 Å². The quantitative estimate of drug-likeness (QED) is 0.838. The van der Waals surface area contributed by atoms with E-state index < -0.39 is 6.61 Å². The van der Waals surface area contributed by atoms with Gasteiger partial charge in [0.05, 0.1) is 0 Å². The van der Waals surface area contributed by atoms with E-state index in [4.69, 9.17) is 0 Å². The molecule has 19 heavy (non-hydrogen) atoms. The first-order chi connectivity index (χ1) is 9.20. The lowest BCUT2D eigenvalue weighted by Crippen LogP contribution is -2.20. The van der Waals surface area contributed by atoms with Crippen molar-refractivity contribution in [2.45, 2.75) is 44.8 Å². The van der Waals surface area contributed by atoms with Crippen LogP contribution in [0.1, 0.15) is 43.7 Å². The van der Waals surface area contributed by atoms with Gasteiger partial charge in [-0.05, 0) is 25.5 Å². The average Bonchev–Trinajstić information content (AvgIpc) is 2.89. The Morgan fingerprint density at radius 2 is 1.95 bits per heavy atom. The van der Waals surface area contributed by atoms with Crippen molar-refractivity contribution in [1.82, 2.24) is 5.32 Å². The van der Waals surface area contributed by atoms with Crippen LogP contribution in [0.15, 0.2) is 24.3 Å². The van der Waals surface area contributed by atoms with Crippen LogP contribution in [0, 0.1) is 5.92 Å². The first kappa shape index (κ1) is 14.3. The number of para-hydroxylation sites is 1. The first-order valence-electron chi connectivity index (χ1n) is 6.91. The minimum atomic E-state index is -2.77. The van der Waals surface area contributed by atoms with Crippen LogP contribution in [0.25, 0.3) is 0 Å². The van der Waals surface area contributed by atoms with Crippen LogP contribution in [0.5, 0.6) is 5.75 Å². The van der Waals surface area contributed by atoms with E-state index in [2.05, 4.69) is 10.1 Å². The van der Waals surface area contributed by atoms with Crippen molar-refractivity contribution >= 4 is 0 Å². The summed E-state index contributed by atoms with van der Waals surface area (Å²) in [6.07, 6.45) is 6.05. The molecule has 106 valence electrons. The molecule has 2 rings (SSSR count). The lowest BCUT2D eigenvalue weighted by Gasteiger charge is -2.22. The van der Waals surface area contributed by atoms with Crippen LogP contribution in [0.2, 0.25) is 0 Å². The fourth-order valence-electron chi connectivity index (χ4n) is 2.95. The second-order valence-corrected chi connectivity index (χ2v) is 5.14. The Bertz CT molecular complexity index is 391. The monoisotopic (exact) mass is 269 g/mol. The topological polar surface area (TPSA) is 21.3 Å². The Hall–Kier alpha value is -1.16. The van der Waals surface area contributed by atoms with Crippen LogP contribution in [0.4, 0.5) is 8.78 Å². The Kier molecular flexibility index (Phi) is 5.14. The molecule has 0 spiro atoms. The van der Waals surface area contributed by atoms with Crippen molar-refractivity contribution in [2.75, 3.05) is 7.05 Å². The maximum Gasteiger partial charge on any atom is 0.387 e. The number of rotatable bonds is 6. The molecule has 1 aromatic rings. The van der Waals surface area contributed by atoms with E-state index in [-0.39, 0.29) is 11.8 Å². The summed E-state index contributed by atoms with van der Waals surface area (Å²) in [5.41, 5.74) is 0.831. The highest BCUT2D eigenvalue weighted by Crippen LogP contribution is 2.36. The molecule has 0 saturated heterocycles. The van der Waals surface area contributed by atoms with E-state index in [1.54, 1.807) is 12.1 Å². The Morgan fingerprint density at radius 1 is 1.26 bits per heavy atom. The molecule has 0 aliphatic heterocycles. The van der Waals surface area contributed by atoms with Crippen molar-refractivity contribution in [2.24, 2.45) is 5.92 Å². The Labute approximate surface area is 113 Å². The number of ether oxygens (including phenoxy) is 1. The summed E-state index contributed by atoms with van der Waals surface area (Å²) >= 11 is 0. The molecule has 2 nitrogen and oxygen atoms in total. The van der Waals surface area contributed by atoms with Gasteiger partial charge < -0.3 is 10.1 Å². The highest BCUT2D eigenvalue weighted by Gasteiger charge is 2.23. The van der Waals surface area contributed by atoms with Gasteiger partial charge in [-0.2, -0.15) is 8.78 Å². The highest BCUT2D eigenvalue weighted by atomic mass is 19.3. The van der Waals surface area contributed by atoms with Crippen molar-refractivity contribution in [3.63, 3.8) is 0 Å². The van der Waals surface area contributed by atoms with Gasteiger partial charge in [0, 0.05) is 11.6 Å². The summed E-state index contributed by atoms with van der Waals surface area (Å²) in [5, 5.41) is 3.23. The number of alkyl halides is 2. The van der Waals surface area contributed by atoms with Gasteiger partial charge in [0.2, 0.25) is 0 Å². The highest BCUT2D eigenvalue weighted by molar-refractivity contribution is 5.36. The largest absolute Gasteiger partial charge is 0.434 e. The molecule has 0 bridgehead atoms. The van der Waals surface area contributed by atoms with Crippen LogP contribution in [-0.2, 0) is 0 Å². The molecule has 0 radical (unpaired) electrons. The van der Waals surface area contributed by atoms with Crippen molar-refractivity contribution in [3.8, 4) is 5.75 Å². The molecule has 4 heteroatoms. The number of hydrogen-bond acceptors (Lipinski definition) is 2. The number of hydrogen-bond donors (Lipinski definition) is 1. The van der Waals surface area contributed by atoms with Gasteiger partial charge in [-0.15, -0.1) is 0 Å². The average molecular weight is 269 g/mol. The van der Waals surface area contributed by atoms with Gasteiger partial charge in [0.1, 0.15) is 5.75 Å². The molecule has 1 atom stereocenters. The van der Waals surface area contributed by atoms with E-state index in [1.165, 1.54) is 25.7 Å². The van der Waals surface area contributed by atoms with Gasteiger partial charge in [-0.1, -0.05) is 43.9 Å². The van der Waals surface area contributed by atoms with Gasteiger partial charge >= 0.3 is 6.61 Å². The lowest BCUT2D eigenvalue weighted by atomic mass is 9.93. The number of halogens is 2. The minimum absolute atomic E-state index is 0.0815. The standard InChI is InChI=1S/C15H21F2NO/c1-18-13(10-11-6-2-3-7-11)12-8-4-5-9-14(12)19-15(16)17/h4-5,8-9,11,13,15,18H,2-3,6-7,10H2,1H3. The smallest absolute Gasteiger partial charge is 0.387 e. The predicted octanol–water partition coefficient (Wildman–Crippen LogP) is 4.13. The molecule has 0 aromatic heterocycles. The van der Waals surface area contributed by atoms with Crippen LogP contribution in [0.3, 0.4) is 0 Å². The molecular weight excluding hydrogens is 248 g/mol. The summed E-state index contributed by atoms with van der Waals surface area (Å²) in [5.74, 6) is 0.979. The molecule has 0 heterocycles. The van der Waals surface area contributed by atoms with Crippen LogP contribution >= 0.6 is 0 Å². The summed E-state index contributed by atoms with van der Waals surface area (Å²) in [4.78, 5) is 0. The minimum Gasteiger partial charge on any atom is -0.434 e. The summed E-state index contributed by atoms with van der Waals surface area (Å²) in [6, 6.07) is 7.16. The van der Waals surface area contributed by atoms with Gasteiger partial charge in [0.25, 0.3) is 0 Å². The van der Waals surface area contributed by atoms with Crippen molar-refractivity contribution in [3.05, 3.63) is 29.8 Å². The maximum absolute atomic E-state index is 12.4. The third kappa shape index (κ3) is 3.90. The van der Waals surface area contributed by atoms with Crippen LogP contribution < -0.4 is 10.1 Å². The normalized spacial score (nSPS) is 17.9. The number of nitrogens with one attached hydrogen (secondary N) is 1. The van der Waals surface area contributed by atoms with Gasteiger partial charge in [-0.3, -0.25) is 0 Å². The molecule has 1 fully saturated rings. The SMILES string of the molecule is CNC(CC1CCCC1)c1ccccc1OC(F)F. The molecule has 1 N–H and O–H groups in total. The Balaban J connectivity index is 2.12. The predicted molar refractivity (Wildman–Crippen MR) is 71.4 cm³/mol. The van der Waals surface area contributed by atoms with E-state index in [0.717, 1.165) is 12.0 Å². The third-order valence-electron chi connectivity index (χ3n) is 3.90. The molecule has 1 aliphatic rings. The molecular formula is C15H21F2NO. The fourth-order valence-corrected chi connectivity index (χ4v) is 2.95. The summed E-state index contributed by atoms with van der Waals surface area (Å²) in [7, 11) is 1.87. The fraction of sp³-hybridized carbons (Fsp3) is 0.600. The first-order valence-corrected chi connectivity index (χ1v) is 6.91. The zero-order valence-corrected chi connectivity index (χ0v) is 11.2. The van der Waals surface area contributed by atoms with Crippen molar-refractivity contribution < 1.29 is 13.5 Å². The summed E-state index contributed by atoms with van der Waals surface area (Å²) < 4.78 is 29.5. The third-order valence-corrected chi connectivity index (χ3v) is 3.90. The molecule has 1 saturated carbocycles. The maximum atomic E-state index is 12.4. The number of benzene rings is 1. The summed E-state index contributed by atoms with van der Waals surface area (Å²) in [6.45, 7) is -2.77. The van der Waals surface area contributed by atoms with E-state index in [9.17, 15) is 8.78 Å². The second kappa shape index (κ2) is 6.85. The van der Waals surface area contributed by atoms with Gasteiger partial charge in [-0.25, -0.2) is 0 Å². The van der Waals surface area contributed by atoms with Crippen LogP contribution in [-0.4, -0.2) is 13.7 Å². The van der Waals surface area contributed by atoms with Crippen molar-refractivity contribution in [1.29, 1.82) is 0 Å². The lowest BCUT2D eigenvalue weighted by molar-refractivity contribution is -0.0507. The van der Waals surface area contributed by atoms with E-state index >= 15 is 0 Å². The van der Waals surface area contributed by atoms with Gasteiger partial charge in [0.15, 0.2) is 0 Å². The second-order valence-electron chi connectivity index (χ2n) is 5.14. The molecule has 1 unspecified atom stereocenters. The Morgan fingerprint density at radius 3 is 2.58 bits per heavy atom.